The molecular weight excluding hydrogens is 334 g/mol. The van der Waals surface area contributed by atoms with E-state index >= 15 is 0 Å². The van der Waals surface area contributed by atoms with E-state index in [1.54, 1.807) is 6.92 Å². The molecule has 1 amide bonds. The summed E-state index contributed by atoms with van der Waals surface area (Å²) in [6, 6.07) is 9.50. The third-order valence-corrected chi connectivity index (χ3v) is 5.85. The van der Waals surface area contributed by atoms with Crippen LogP contribution in [0, 0.1) is 5.41 Å². The van der Waals surface area contributed by atoms with Crippen LogP contribution in [0.25, 0.3) is 0 Å². The van der Waals surface area contributed by atoms with Crippen LogP contribution in [0.4, 0.5) is 0 Å². The summed E-state index contributed by atoms with van der Waals surface area (Å²) >= 11 is 0. The van der Waals surface area contributed by atoms with Crippen LogP contribution in [-0.2, 0) is 25.6 Å². The molecule has 6 heteroatoms. The van der Waals surface area contributed by atoms with E-state index in [1.165, 1.54) is 4.90 Å². The van der Waals surface area contributed by atoms with E-state index in [0.717, 1.165) is 5.56 Å². The van der Waals surface area contributed by atoms with Crippen molar-refractivity contribution in [2.75, 3.05) is 13.2 Å². The van der Waals surface area contributed by atoms with E-state index in [4.69, 9.17) is 9.47 Å². The fraction of sp³-hybridized carbons (Fsp3) is 0.600. The molecule has 2 aliphatic heterocycles. The molecule has 2 fully saturated rings. The summed E-state index contributed by atoms with van der Waals surface area (Å²) in [6.07, 6.45) is 1.50. The Kier molecular flexibility index (Phi) is 4.84. The summed E-state index contributed by atoms with van der Waals surface area (Å²) in [7, 11) is 0. The van der Waals surface area contributed by atoms with Gasteiger partial charge in [-0.15, -0.1) is 0 Å². The van der Waals surface area contributed by atoms with Crippen LogP contribution < -0.4 is 0 Å². The van der Waals surface area contributed by atoms with Crippen molar-refractivity contribution in [2.45, 2.75) is 58.0 Å². The Bertz CT molecular complexity index is 687. The lowest BCUT2D eigenvalue weighted by Gasteiger charge is -2.30. The first-order valence-corrected chi connectivity index (χ1v) is 9.29. The van der Waals surface area contributed by atoms with E-state index < -0.39 is 28.7 Å². The maximum Gasteiger partial charge on any atom is 0.320 e. The minimum atomic E-state index is -2.17. The minimum absolute atomic E-state index is 0.0951. The number of nitrogens with zero attached hydrogens (tertiary/aromatic N) is 1. The SMILES string of the molecule is CCOC(=O)[C@]12CN(Cc3ccccc3)C(=O)[C@@]1(O)OC(CC)(CC)C2. The maximum atomic E-state index is 13.1. The Morgan fingerprint density at radius 1 is 1.23 bits per heavy atom. The van der Waals surface area contributed by atoms with Gasteiger partial charge >= 0.3 is 5.97 Å². The van der Waals surface area contributed by atoms with Gasteiger partial charge in [-0.2, -0.15) is 0 Å². The standard InChI is InChI=1S/C20H27NO5/c1-4-18(5-2)13-19(17(23)25-6-3)14-21(16(22)20(19,24)26-18)12-15-10-8-7-9-11-15/h7-11,24H,4-6,12-14H2,1-3H3/t19-,20+/m0/s1. The number of ether oxygens (including phenoxy) is 2. The van der Waals surface area contributed by atoms with Gasteiger partial charge in [0.05, 0.1) is 12.2 Å². The molecule has 0 aliphatic carbocycles. The lowest BCUT2D eigenvalue weighted by atomic mass is 9.75. The van der Waals surface area contributed by atoms with Crippen molar-refractivity contribution >= 4 is 11.9 Å². The van der Waals surface area contributed by atoms with Crippen LogP contribution in [0.3, 0.4) is 0 Å². The van der Waals surface area contributed by atoms with Crippen molar-refractivity contribution in [1.29, 1.82) is 0 Å². The number of aliphatic hydroxyl groups is 1. The van der Waals surface area contributed by atoms with Gasteiger partial charge in [0, 0.05) is 19.5 Å². The van der Waals surface area contributed by atoms with Crippen LogP contribution >= 0.6 is 0 Å². The Balaban J connectivity index is 1.97. The summed E-state index contributed by atoms with van der Waals surface area (Å²) in [6.45, 7) is 6.21. The highest BCUT2D eigenvalue weighted by Gasteiger charge is 2.76. The van der Waals surface area contributed by atoms with E-state index in [2.05, 4.69) is 0 Å². The van der Waals surface area contributed by atoms with Gasteiger partial charge in [0.2, 0.25) is 0 Å². The van der Waals surface area contributed by atoms with Crippen molar-refractivity contribution < 1.29 is 24.2 Å². The molecule has 0 radical (unpaired) electrons. The maximum absolute atomic E-state index is 13.1. The molecule has 1 N–H and O–H groups in total. The van der Waals surface area contributed by atoms with E-state index in [0.29, 0.717) is 19.4 Å². The molecule has 2 aliphatic rings. The average Bonchev–Trinajstić information content (AvgIpc) is 3.02. The van der Waals surface area contributed by atoms with Gasteiger partial charge in [-0.3, -0.25) is 9.59 Å². The monoisotopic (exact) mass is 361 g/mol. The molecule has 3 rings (SSSR count). The zero-order chi connectivity index (χ0) is 19.0. The third-order valence-electron chi connectivity index (χ3n) is 5.85. The van der Waals surface area contributed by atoms with Crippen molar-refractivity contribution in [3.8, 4) is 0 Å². The number of rotatable bonds is 6. The highest BCUT2D eigenvalue weighted by Crippen LogP contribution is 2.57. The summed E-state index contributed by atoms with van der Waals surface area (Å²) in [5.41, 5.74) is -1.16. The fourth-order valence-electron chi connectivity index (χ4n) is 4.26. The van der Waals surface area contributed by atoms with Gasteiger partial charge in [-0.05, 0) is 25.3 Å². The Morgan fingerprint density at radius 3 is 2.46 bits per heavy atom. The summed E-state index contributed by atoms with van der Waals surface area (Å²) < 4.78 is 11.2. The van der Waals surface area contributed by atoms with E-state index in [9.17, 15) is 14.7 Å². The van der Waals surface area contributed by atoms with E-state index in [1.807, 2.05) is 44.2 Å². The zero-order valence-electron chi connectivity index (χ0n) is 15.7. The van der Waals surface area contributed by atoms with Crippen LogP contribution in [-0.4, -0.2) is 46.4 Å². The van der Waals surface area contributed by atoms with Gasteiger partial charge in [0.25, 0.3) is 11.7 Å². The molecule has 0 bridgehead atoms. The number of benzene rings is 1. The van der Waals surface area contributed by atoms with Crippen molar-refractivity contribution in [3.05, 3.63) is 35.9 Å². The van der Waals surface area contributed by atoms with Gasteiger partial charge < -0.3 is 19.5 Å². The number of hydrogen-bond acceptors (Lipinski definition) is 5. The predicted molar refractivity (Wildman–Crippen MR) is 94.9 cm³/mol. The first-order chi connectivity index (χ1) is 12.4. The third kappa shape index (κ3) is 2.63. The smallest absolute Gasteiger partial charge is 0.320 e. The summed E-state index contributed by atoms with van der Waals surface area (Å²) in [5, 5.41) is 11.3. The van der Waals surface area contributed by atoms with Crippen molar-refractivity contribution in [2.24, 2.45) is 5.41 Å². The number of fused-ring (bicyclic) bond motifs is 1. The van der Waals surface area contributed by atoms with Crippen LogP contribution in [0.15, 0.2) is 30.3 Å². The second-order valence-electron chi connectivity index (χ2n) is 7.26. The van der Waals surface area contributed by atoms with Crippen LogP contribution in [0.1, 0.15) is 45.6 Å². The van der Waals surface area contributed by atoms with Crippen molar-refractivity contribution in [3.63, 3.8) is 0 Å². The zero-order valence-corrected chi connectivity index (χ0v) is 15.7. The van der Waals surface area contributed by atoms with Crippen molar-refractivity contribution in [1.82, 2.24) is 4.90 Å². The molecule has 2 heterocycles. The van der Waals surface area contributed by atoms with Crippen LogP contribution in [0.5, 0.6) is 0 Å². The molecule has 2 saturated heterocycles. The summed E-state index contributed by atoms with van der Waals surface area (Å²) in [5.74, 6) is -3.28. The van der Waals surface area contributed by atoms with E-state index in [-0.39, 0.29) is 19.6 Å². The predicted octanol–water partition coefficient (Wildman–Crippen LogP) is 2.25. The van der Waals surface area contributed by atoms with Gasteiger partial charge in [0.15, 0.2) is 5.41 Å². The number of carbonyl (C=O) groups is 2. The average molecular weight is 361 g/mol. The van der Waals surface area contributed by atoms with Gasteiger partial charge in [-0.25, -0.2) is 0 Å². The highest BCUT2D eigenvalue weighted by molar-refractivity contribution is 5.96. The summed E-state index contributed by atoms with van der Waals surface area (Å²) in [4.78, 5) is 27.5. The molecule has 1 aromatic carbocycles. The molecule has 0 saturated carbocycles. The molecule has 1 aromatic rings. The second kappa shape index (κ2) is 6.67. The Hall–Kier alpha value is -1.92. The molecular formula is C20H27NO5. The highest BCUT2D eigenvalue weighted by atomic mass is 16.7. The van der Waals surface area contributed by atoms with Gasteiger partial charge in [0.1, 0.15) is 0 Å². The number of likely N-dealkylation sites (tertiary alicyclic amines) is 1. The number of hydrogen-bond donors (Lipinski definition) is 1. The fourth-order valence-corrected chi connectivity index (χ4v) is 4.26. The Labute approximate surface area is 154 Å². The number of esters is 1. The number of amides is 1. The topological polar surface area (TPSA) is 76.1 Å². The molecule has 0 aromatic heterocycles. The minimum Gasteiger partial charge on any atom is -0.465 e. The second-order valence-corrected chi connectivity index (χ2v) is 7.26. The lowest BCUT2D eigenvalue weighted by molar-refractivity contribution is -0.241. The largest absolute Gasteiger partial charge is 0.465 e. The lowest BCUT2D eigenvalue weighted by Crippen LogP contribution is -2.52. The Morgan fingerprint density at radius 2 is 1.88 bits per heavy atom. The molecule has 2 atom stereocenters. The normalized spacial score (nSPS) is 29.7. The molecule has 0 spiro atoms. The van der Waals surface area contributed by atoms with Gasteiger partial charge in [-0.1, -0.05) is 44.2 Å². The first kappa shape index (κ1) is 18.9. The molecule has 142 valence electrons. The first-order valence-electron chi connectivity index (χ1n) is 9.29. The molecule has 6 nitrogen and oxygen atoms in total. The molecule has 0 unspecified atom stereocenters. The number of carbonyl (C=O) groups excluding carboxylic acids is 2. The van der Waals surface area contributed by atoms with Crippen LogP contribution in [0.2, 0.25) is 0 Å². The molecule has 26 heavy (non-hydrogen) atoms. The quantitative estimate of drug-likeness (QED) is 0.787.